The summed E-state index contributed by atoms with van der Waals surface area (Å²) in [6, 6.07) is 6.52. The zero-order chi connectivity index (χ0) is 14.5. The van der Waals surface area contributed by atoms with E-state index in [0.717, 1.165) is 29.8 Å². The van der Waals surface area contributed by atoms with Crippen molar-refractivity contribution < 1.29 is 0 Å². The third-order valence-electron chi connectivity index (χ3n) is 3.15. The molecule has 3 nitrogen and oxygen atoms in total. The average Bonchev–Trinajstić information content (AvgIpc) is 2.88. The highest BCUT2D eigenvalue weighted by Crippen LogP contribution is 2.28. The number of aromatic nitrogens is 2. The van der Waals surface area contributed by atoms with Crippen molar-refractivity contribution in [1.82, 2.24) is 14.9 Å². The van der Waals surface area contributed by atoms with Gasteiger partial charge in [-0.15, -0.1) is 0 Å². The lowest BCUT2D eigenvalue weighted by molar-refractivity contribution is 0.542. The normalized spacial score (nSPS) is 12.6. The van der Waals surface area contributed by atoms with Gasteiger partial charge in [-0.3, -0.25) is 0 Å². The van der Waals surface area contributed by atoms with Crippen LogP contribution in [0.3, 0.4) is 0 Å². The van der Waals surface area contributed by atoms with Gasteiger partial charge in [0.05, 0.1) is 6.04 Å². The number of nitrogens with one attached hydrogen (secondary N) is 1. The van der Waals surface area contributed by atoms with Crippen LogP contribution >= 0.6 is 38.5 Å². The SMILES string of the molecule is CCCn1ccnc1C(NCC)c1cc(Br)ccc1I. The van der Waals surface area contributed by atoms with Crippen molar-refractivity contribution >= 4 is 38.5 Å². The van der Waals surface area contributed by atoms with Gasteiger partial charge in [-0.2, -0.15) is 0 Å². The Balaban J connectivity index is 2.44. The first-order chi connectivity index (χ1) is 9.67. The van der Waals surface area contributed by atoms with Crippen molar-refractivity contribution in [2.24, 2.45) is 0 Å². The molecule has 0 amide bonds. The molecule has 1 atom stereocenters. The Bertz CT molecular complexity index is 568. The Morgan fingerprint density at radius 1 is 1.40 bits per heavy atom. The first kappa shape index (κ1) is 16.0. The molecule has 20 heavy (non-hydrogen) atoms. The lowest BCUT2D eigenvalue weighted by Crippen LogP contribution is -2.26. The fourth-order valence-electron chi connectivity index (χ4n) is 2.29. The molecule has 0 saturated heterocycles. The van der Waals surface area contributed by atoms with E-state index >= 15 is 0 Å². The van der Waals surface area contributed by atoms with Gasteiger partial charge in [0.2, 0.25) is 0 Å². The molecule has 0 aliphatic rings. The molecule has 0 saturated carbocycles. The minimum atomic E-state index is 0.131. The molecule has 0 bridgehead atoms. The van der Waals surface area contributed by atoms with Gasteiger partial charge in [0.1, 0.15) is 5.82 Å². The number of hydrogen-bond acceptors (Lipinski definition) is 2. The van der Waals surface area contributed by atoms with Crippen molar-refractivity contribution in [2.75, 3.05) is 6.54 Å². The van der Waals surface area contributed by atoms with Crippen molar-refractivity contribution in [3.8, 4) is 0 Å². The summed E-state index contributed by atoms with van der Waals surface area (Å²) in [4.78, 5) is 4.58. The largest absolute Gasteiger partial charge is 0.333 e. The quantitative estimate of drug-likeness (QED) is 0.666. The molecule has 0 aliphatic carbocycles. The predicted octanol–water partition coefficient (Wildman–Crippen LogP) is 4.36. The van der Waals surface area contributed by atoms with E-state index in [1.807, 2.05) is 6.20 Å². The zero-order valence-corrected chi connectivity index (χ0v) is 15.5. The molecular weight excluding hydrogens is 429 g/mol. The Hall–Kier alpha value is -0.400. The topological polar surface area (TPSA) is 29.9 Å². The van der Waals surface area contributed by atoms with Crippen LogP contribution in [-0.2, 0) is 6.54 Å². The molecule has 2 aromatic rings. The average molecular weight is 448 g/mol. The van der Waals surface area contributed by atoms with Gasteiger partial charge in [-0.25, -0.2) is 4.98 Å². The maximum Gasteiger partial charge on any atom is 0.130 e. The van der Waals surface area contributed by atoms with Crippen LogP contribution in [0.25, 0.3) is 0 Å². The molecule has 0 spiro atoms. The van der Waals surface area contributed by atoms with Crippen LogP contribution in [0.15, 0.2) is 35.1 Å². The van der Waals surface area contributed by atoms with Gasteiger partial charge in [-0.05, 0) is 59.3 Å². The van der Waals surface area contributed by atoms with Crippen LogP contribution < -0.4 is 5.32 Å². The van der Waals surface area contributed by atoms with Crippen molar-refractivity contribution in [3.63, 3.8) is 0 Å². The lowest BCUT2D eigenvalue weighted by atomic mass is 10.1. The summed E-state index contributed by atoms with van der Waals surface area (Å²) in [6.45, 7) is 6.23. The van der Waals surface area contributed by atoms with Gasteiger partial charge in [-0.1, -0.05) is 29.8 Å². The maximum atomic E-state index is 4.58. The summed E-state index contributed by atoms with van der Waals surface area (Å²) in [5.74, 6) is 1.09. The first-order valence-corrected chi connectivity index (χ1v) is 8.73. The Morgan fingerprint density at radius 2 is 2.20 bits per heavy atom. The molecule has 108 valence electrons. The number of imidazole rings is 1. The van der Waals surface area contributed by atoms with E-state index in [-0.39, 0.29) is 6.04 Å². The highest BCUT2D eigenvalue weighted by Gasteiger charge is 2.20. The van der Waals surface area contributed by atoms with Crippen LogP contribution in [0.1, 0.15) is 37.7 Å². The number of nitrogens with zero attached hydrogens (tertiary/aromatic N) is 2. The Labute approximate surface area is 142 Å². The van der Waals surface area contributed by atoms with E-state index in [0.29, 0.717) is 0 Å². The van der Waals surface area contributed by atoms with Crippen molar-refractivity contribution in [1.29, 1.82) is 0 Å². The van der Waals surface area contributed by atoms with Crippen LogP contribution in [0.4, 0.5) is 0 Å². The third-order valence-corrected chi connectivity index (χ3v) is 4.62. The van der Waals surface area contributed by atoms with Gasteiger partial charge in [0.25, 0.3) is 0 Å². The number of rotatable bonds is 6. The summed E-state index contributed by atoms with van der Waals surface area (Å²) >= 11 is 5.96. The van der Waals surface area contributed by atoms with Crippen LogP contribution in [0.5, 0.6) is 0 Å². The lowest BCUT2D eigenvalue weighted by Gasteiger charge is -2.21. The van der Waals surface area contributed by atoms with Crippen LogP contribution in [0, 0.1) is 3.57 Å². The fourth-order valence-corrected chi connectivity index (χ4v) is 3.32. The Kier molecular flexibility index (Phi) is 6.04. The first-order valence-electron chi connectivity index (χ1n) is 6.86. The third kappa shape index (κ3) is 3.62. The molecular formula is C15H19BrIN3. The summed E-state index contributed by atoms with van der Waals surface area (Å²) in [5.41, 5.74) is 1.27. The molecule has 1 N–H and O–H groups in total. The van der Waals surface area contributed by atoms with E-state index < -0.39 is 0 Å². The second kappa shape index (κ2) is 7.56. The summed E-state index contributed by atoms with van der Waals surface area (Å²) in [6.07, 6.45) is 5.06. The van der Waals surface area contributed by atoms with Crippen molar-refractivity contribution in [2.45, 2.75) is 32.9 Å². The van der Waals surface area contributed by atoms with E-state index in [4.69, 9.17) is 0 Å². The number of benzene rings is 1. The second-order valence-corrected chi connectivity index (χ2v) is 6.71. The van der Waals surface area contributed by atoms with Crippen molar-refractivity contribution in [3.05, 3.63) is 50.0 Å². The molecule has 1 aromatic carbocycles. The highest BCUT2D eigenvalue weighted by atomic mass is 127. The number of hydrogen-bond donors (Lipinski definition) is 1. The van der Waals surface area contributed by atoms with Gasteiger partial charge in [0, 0.05) is 27.0 Å². The second-order valence-electron chi connectivity index (χ2n) is 4.64. The molecule has 0 fully saturated rings. The minimum Gasteiger partial charge on any atom is -0.333 e. The van der Waals surface area contributed by atoms with Crippen LogP contribution in [0.2, 0.25) is 0 Å². The predicted molar refractivity (Wildman–Crippen MR) is 94.9 cm³/mol. The Morgan fingerprint density at radius 3 is 2.90 bits per heavy atom. The summed E-state index contributed by atoms with van der Waals surface area (Å²) < 4.78 is 4.59. The fraction of sp³-hybridized carbons (Fsp3) is 0.400. The number of aryl methyl sites for hydroxylation is 1. The van der Waals surface area contributed by atoms with E-state index in [1.165, 1.54) is 9.13 Å². The molecule has 1 heterocycles. The molecule has 1 unspecified atom stereocenters. The zero-order valence-electron chi connectivity index (χ0n) is 11.7. The monoisotopic (exact) mass is 447 g/mol. The maximum absolute atomic E-state index is 4.58. The minimum absolute atomic E-state index is 0.131. The highest BCUT2D eigenvalue weighted by molar-refractivity contribution is 14.1. The van der Waals surface area contributed by atoms with Crippen LogP contribution in [-0.4, -0.2) is 16.1 Å². The summed E-state index contributed by atoms with van der Waals surface area (Å²) in [5, 5.41) is 3.56. The standard InChI is InChI=1S/C15H19BrIN3/c1-3-8-20-9-7-19-15(20)14(18-4-2)12-10-11(16)5-6-13(12)17/h5-7,9-10,14,18H,3-4,8H2,1-2H3. The molecule has 0 radical (unpaired) electrons. The number of halogens is 2. The molecule has 5 heteroatoms. The van der Waals surface area contributed by atoms with E-state index in [1.54, 1.807) is 0 Å². The van der Waals surface area contributed by atoms with E-state index in [2.05, 4.69) is 91.6 Å². The van der Waals surface area contributed by atoms with E-state index in [9.17, 15) is 0 Å². The molecule has 0 aliphatic heterocycles. The molecule has 1 aromatic heterocycles. The van der Waals surface area contributed by atoms with Gasteiger partial charge in [0.15, 0.2) is 0 Å². The van der Waals surface area contributed by atoms with Gasteiger partial charge >= 0.3 is 0 Å². The summed E-state index contributed by atoms with van der Waals surface area (Å²) in [7, 11) is 0. The molecule has 2 rings (SSSR count). The van der Waals surface area contributed by atoms with Gasteiger partial charge < -0.3 is 9.88 Å². The smallest absolute Gasteiger partial charge is 0.130 e.